The van der Waals surface area contributed by atoms with E-state index in [1.807, 2.05) is 12.1 Å². The molecule has 0 saturated heterocycles. The lowest BCUT2D eigenvalue weighted by atomic mass is 10.0. The van der Waals surface area contributed by atoms with Gasteiger partial charge in [-0.05, 0) is 32.4 Å². The van der Waals surface area contributed by atoms with Crippen LogP contribution in [-0.4, -0.2) is 10.1 Å². The van der Waals surface area contributed by atoms with Crippen LogP contribution in [0.3, 0.4) is 0 Å². The molecule has 2 rings (SSSR count). The third kappa shape index (κ3) is 2.58. The summed E-state index contributed by atoms with van der Waals surface area (Å²) in [6.07, 6.45) is 3.54. The summed E-state index contributed by atoms with van der Waals surface area (Å²) in [6.45, 7) is 5.71. The molecule has 1 N–H and O–H groups in total. The number of hydrogen-bond donors (Lipinski definition) is 1. The average molecular weight is 251 g/mol. The number of hydrogen-bond acceptors (Lipinski definition) is 4. The molecular weight excluding hydrogens is 234 g/mol. The molecule has 0 unspecified atom stereocenters. The van der Waals surface area contributed by atoms with Crippen molar-refractivity contribution in [3.8, 4) is 10.8 Å². The zero-order valence-corrected chi connectivity index (χ0v) is 11.2. The van der Waals surface area contributed by atoms with E-state index < -0.39 is 5.60 Å². The fourth-order valence-corrected chi connectivity index (χ4v) is 2.82. The minimum atomic E-state index is -0.840. The largest absolute Gasteiger partial charge is 0.462 e. The quantitative estimate of drug-likeness (QED) is 0.903. The molecule has 0 spiro atoms. The van der Waals surface area contributed by atoms with Crippen molar-refractivity contribution in [3.63, 3.8) is 0 Å². The van der Waals surface area contributed by atoms with Crippen LogP contribution in [0.25, 0.3) is 10.8 Å². The fourth-order valence-electron chi connectivity index (χ4n) is 1.74. The standard InChI is InChI=1S/C13H17NO2S/c1-4-6-9-11(13(2,3)15)17-12(14-9)10-7-5-8-16-10/h5,7-8,15H,4,6H2,1-3H3. The van der Waals surface area contributed by atoms with Gasteiger partial charge in [-0.15, -0.1) is 11.3 Å². The first-order chi connectivity index (χ1) is 8.02. The molecule has 0 aliphatic rings. The summed E-state index contributed by atoms with van der Waals surface area (Å²) in [4.78, 5) is 5.51. The van der Waals surface area contributed by atoms with Crippen LogP contribution in [0.1, 0.15) is 37.8 Å². The van der Waals surface area contributed by atoms with Crippen LogP contribution >= 0.6 is 11.3 Å². The molecule has 17 heavy (non-hydrogen) atoms. The Hall–Kier alpha value is -1.13. The predicted octanol–water partition coefficient (Wildman–Crippen LogP) is 3.58. The fraction of sp³-hybridized carbons (Fsp3) is 0.462. The molecule has 2 heterocycles. The zero-order chi connectivity index (χ0) is 12.5. The highest BCUT2D eigenvalue weighted by Crippen LogP contribution is 2.35. The number of aromatic nitrogens is 1. The Labute approximate surface area is 105 Å². The van der Waals surface area contributed by atoms with E-state index in [0.29, 0.717) is 0 Å². The van der Waals surface area contributed by atoms with Crippen molar-refractivity contribution in [2.45, 2.75) is 39.2 Å². The SMILES string of the molecule is CCCc1nc(-c2ccco2)sc1C(C)(C)O. The van der Waals surface area contributed by atoms with Gasteiger partial charge in [-0.2, -0.15) is 0 Å². The summed E-state index contributed by atoms with van der Waals surface area (Å²) in [5, 5.41) is 11.0. The number of thiazole rings is 1. The average Bonchev–Trinajstić information content (AvgIpc) is 2.82. The molecule has 0 atom stereocenters. The van der Waals surface area contributed by atoms with Crippen LogP contribution in [0.2, 0.25) is 0 Å². The Kier molecular flexibility index (Phi) is 3.35. The summed E-state index contributed by atoms with van der Waals surface area (Å²) in [5.41, 5.74) is 0.143. The van der Waals surface area contributed by atoms with E-state index in [9.17, 15) is 5.11 Å². The summed E-state index contributed by atoms with van der Waals surface area (Å²) < 4.78 is 5.34. The highest BCUT2D eigenvalue weighted by molar-refractivity contribution is 7.15. The second-order valence-corrected chi connectivity index (χ2v) is 5.58. The minimum Gasteiger partial charge on any atom is -0.462 e. The molecule has 92 valence electrons. The van der Waals surface area contributed by atoms with Crippen LogP contribution < -0.4 is 0 Å². The highest BCUT2D eigenvalue weighted by atomic mass is 32.1. The molecule has 0 aliphatic carbocycles. The summed E-state index contributed by atoms with van der Waals surface area (Å²) in [7, 11) is 0. The minimum absolute atomic E-state index is 0.767. The van der Waals surface area contributed by atoms with Gasteiger partial charge >= 0.3 is 0 Å². The van der Waals surface area contributed by atoms with E-state index in [2.05, 4.69) is 11.9 Å². The smallest absolute Gasteiger partial charge is 0.162 e. The first kappa shape index (κ1) is 12.3. The van der Waals surface area contributed by atoms with Gasteiger partial charge < -0.3 is 9.52 Å². The van der Waals surface area contributed by atoms with Gasteiger partial charge in [-0.1, -0.05) is 13.3 Å². The van der Waals surface area contributed by atoms with Crippen molar-refractivity contribution in [2.75, 3.05) is 0 Å². The topological polar surface area (TPSA) is 46.3 Å². The van der Waals surface area contributed by atoms with Crippen molar-refractivity contribution in [1.82, 2.24) is 4.98 Å². The molecule has 0 fully saturated rings. The number of rotatable bonds is 4. The Balaban J connectivity index is 2.45. The normalized spacial score (nSPS) is 12.0. The van der Waals surface area contributed by atoms with Crippen LogP contribution in [0.4, 0.5) is 0 Å². The molecule has 2 aromatic rings. The second kappa shape index (κ2) is 4.63. The number of aryl methyl sites for hydroxylation is 1. The lowest BCUT2D eigenvalue weighted by molar-refractivity contribution is 0.0813. The van der Waals surface area contributed by atoms with E-state index in [-0.39, 0.29) is 0 Å². The van der Waals surface area contributed by atoms with E-state index in [0.717, 1.165) is 34.2 Å². The van der Waals surface area contributed by atoms with E-state index in [1.54, 1.807) is 20.1 Å². The zero-order valence-electron chi connectivity index (χ0n) is 10.4. The molecule has 0 radical (unpaired) electrons. The summed E-state index contributed by atoms with van der Waals surface area (Å²) in [6, 6.07) is 3.74. The first-order valence-electron chi connectivity index (χ1n) is 5.78. The maximum Gasteiger partial charge on any atom is 0.162 e. The number of furan rings is 1. The van der Waals surface area contributed by atoms with E-state index >= 15 is 0 Å². The number of aliphatic hydroxyl groups is 1. The molecule has 0 aliphatic heterocycles. The van der Waals surface area contributed by atoms with Gasteiger partial charge in [-0.25, -0.2) is 4.98 Å². The van der Waals surface area contributed by atoms with Gasteiger partial charge in [-0.3, -0.25) is 0 Å². The molecule has 3 nitrogen and oxygen atoms in total. The van der Waals surface area contributed by atoms with Crippen LogP contribution in [0, 0.1) is 0 Å². The second-order valence-electron chi connectivity index (χ2n) is 4.58. The van der Waals surface area contributed by atoms with Crippen molar-refractivity contribution in [1.29, 1.82) is 0 Å². The van der Waals surface area contributed by atoms with E-state index in [4.69, 9.17) is 4.42 Å². The molecule has 0 aromatic carbocycles. The summed E-state index contributed by atoms with van der Waals surface area (Å²) in [5.74, 6) is 0.767. The van der Waals surface area contributed by atoms with Gasteiger partial charge in [0.15, 0.2) is 10.8 Å². The van der Waals surface area contributed by atoms with Gasteiger partial charge in [0.2, 0.25) is 0 Å². The Morgan fingerprint density at radius 2 is 2.24 bits per heavy atom. The third-order valence-corrected chi connectivity index (χ3v) is 3.90. The Bertz CT molecular complexity index is 480. The van der Waals surface area contributed by atoms with Crippen molar-refractivity contribution >= 4 is 11.3 Å². The van der Waals surface area contributed by atoms with Gasteiger partial charge in [0.25, 0.3) is 0 Å². The van der Waals surface area contributed by atoms with Crippen LogP contribution in [0.5, 0.6) is 0 Å². The Morgan fingerprint density at radius 1 is 1.47 bits per heavy atom. The third-order valence-electron chi connectivity index (χ3n) is 2.47. The highest BCUT2D eigenvalue weighted by Gasteiger charge is 2.25. The molecule has 4 heteroatoms. The number of nitrogens with zero attached hydrogens (tertiary/aromatic N) is 1. The monoisotopic (exact) mass is 251 g/mol. The van der Waals surface area contributed by atoms with Crippen molar-refractivity contribution in [3.05, 3.63) is 29.0 Å². The molecule has 2 aromatic heterocycles. The lowest BCUT2D eigenvalue weighted by Gasteiger charge is -2.16. The Morgan fingerprint density at radius 3 is 2.76 bits per heavy atom. The maximum absolute atomic E-state index is 10.1. The van der Waals surface area contributed by atoms with Gasteiger partial charge in [0, 0.05) is 0 Å². The summed E-state index contributed by atoms with van der Waals surface area (Å²) >= 11 is 1.51. The van der Waals surface area contributed by atoms with Gasteiger partial charge in [0.1, 0.15) is 0 Å². The lowest BCUT2D eigenvalue weighted by Crippen LogP contribution is -2.15. The maximum atomic E-state index is 10.1. The first-order valence-corrected chi connectivity index (χ1v) is 6.60. The predicted molar refractivity (Wildman–Crippen MR) is 69.1 cm³/mol. The molecular formula is C13H17NO2S. The molecule has 0 bridgehead atoms. The molecule has 0 saturated carbocycles. The van der Waals surface area contributed by atoms with Gasteiger partial charge in [0.05, 0.1) is 22.4 Å². The van der Waals surface area contributed by atoms with Crippen LogP contribution in [0.15, 0.2) is 22.8 Å². The van der Waals surface area contributed by atoms with Crippen molar-refractivity contribution in [2.24, 2.45) is 0 Å². The molecule has 0 amide bonds. The van der Waals surface area contributed by atoms with Crippen LogP contribution in [-0.2, 0) is 12.0 Å². The van der Waals surface area contributed by atoms with Crippen molar-refractivity contribution < 1.29 is 9.52 Å². The van der Waals surface area contributed by atoms with E-state index in [1.165, 1.54) is 11.3 Å².